The number of piperazine rings is 1. The number of anilines is 2. The average molecular weight is 348 g/mol. The Morgan fingerprint density at radius 3 is 2.65 bits per heavy atom. The topological polar surface area (TPSA) is 44.3 Å². The molecule has 1 saturated heterocycles. The molecule has 0 radical (unpaired) electrons. The minimum absolute atomic E-state index is 0.686. The van der Waals surface area contributed by atoms with Gasteiger partial charge in [-0.05, 0) is 36.8 Å². The molecule has 0 bridgehead atoms. The molecular formula is C16H18ClN5S. The summed E-state index contributed by atoms with van der Waals surface area (Å²) in [6.07, 6.45) is 5.19. The Balaban J connectivity index is 1.58. The maximum atomic E-state index is 6.25. The van der Waals surface area contributed by atoms with Crippen molar-refractivity contribution in [2.75, 3.05) is 36.4 Å². The predicted molar refractivity (Wildman–Crippen MR) is 98.2 cm³/mol. The quantitative estimate of drug-likeness (QED) is 0.843. The number of halogens is 1. The molecular weight excluding hydrogens is 330 g/mol. The summed E-state index contributed by atoms with van der Waals surface area (Å²) in [7, 11) is 0. The van der Waals surface area contributed by atoms with Gasteiger partial charge in [0.05, 0.1) is 16.9 Å². The number of aromatic nitrogens is 2. The van der Waals surface area contributed by atoms with Crippen molar-refractivity contribution >= 4 is 40.4 Å². The number of nitrogens with one attached hydrogen (secondary N) is 1. The van der Waals surface area contributed by atoms with Gasteiger partial charge < -0.3 is 15.1 Å². The summed E-state index contributed by atoms with van der Waals surface area (Å²) in [4.78, 5) is 12.8. The average Bonchev–Trinajstić information content (AvgIpc) is 2.58. The number of hydrogen-bond acceptors (Lipinski definition) is 4. The van der Waals surface area contributed by atoms with Crippen molar-refractivity contribution < 1.29 is 0 Å². The number of rotatable bonds is 2. The molecule has 1 aromatic carbocycles. The van der Waals surface area contributed by atoms with Crippen LogP contribution >= 0.6 is 23.8 Å². The van der Waals surface area contributed by atoms with Gasteiger partial charge >= 0.3 is 0 Å². The Bertz CT molecular complexity index is 686. The van der Waals surface area contributed by atoms with E-state index >= 15 is 0 Å². The van der Waals surface area contributed by atoms with Gasteiger partial charge in [0, 0.05) is 38.6 Å². The van der Waals surface area contributed by atoms with Crippen LogP contribution in [0, 0.1) is 6.92 Å². The van der Waals surface area contributed by atoms with Gasteiger partial charge in [-0.1, -0.05) is 17.7 Å². The van der Waals surface area contributed by atoms with Gasteiger partial charge in [-0.25, -0.2) is 4.98 Å². The SMILES string of the molecule is Cc1ccc(NC(=S)N2CCN(c3cnccn3)CC2)c(Cl)c1. The van der Waals surface area contributed by atoms with Gasteiger partial charge in [-0.15, -0.1) is 0 Å². The van der Waals surface area contributed by atoms with Crippen LogP contribution in [0.1, 0.15) is 5.56 Å². The molecule has 2 aromatic rings. The third-order valence-electron chi connectivity index (χ3n) is 3.81. The summed E-state index contributed by atoms with van der Waals surface area (Å²) in [6, 6.07) is 5.90. The molecule has 0 spiro atoms. The molecule has 0 saturated carbocycles. The highest BCUT2D eigenvalue weighted by molar-refractivity contribution is 7.80. The number of aryl methyl sites for hydroxylation is 1. The van der Waals surface area contributed by atoms with E-state index in [1.54, 1.807) is 18.6 Å². The van der Waals surface area contributed by atoms with Crippen molar-refractivity contribution in [3.8, 4) is 0 Å². The Morgan fingerprint density at radius 2 is 2.00 bits per heavy atom. The minimum Gasteiger partial charge on any atom is -0.352 e. The Morgan fingerprint density at radius 1 is 1.22 bits per heavy atom. The fraction of sp³-hybridized carbons (Fsp3) is 0.312. The second-order valence-electron chi connectivity index (χ2n) is 5.45. The largest absolute Gasteiger partial charge is 0.352 e. The molecule has 2 heterocycles. The van der Waals surface area contributed by atoms with E-state index in [9.17, 15) is 0 Å². The molecule has 1 aromatic heterocycles. The second kappa shape index (κ2) is 7.10. The number of hydrogen-bond donors (Lipinski definition) is 1. The lowest BCUT2D eigenvalue weighted by Crippen LogP contribution is -2.50. The molecule has 1 aliphatic rings. The van der Waals surface area contributed by atoms with Crippen LogP contribution in [0.5, 0.6) is 0 Å². The first-order chi connectivity index (χ1) is 11.1. The molecule has 7 heteroatoms. The van der Waals surface area contributed by atoms with Crippen molar-refractivity contribution in [3.63, 3.8) is 0 Å². The zero-order valence-corrected chi connectivity index (χ0v) is 14.4. The van der Waals surface area contributed by atoms with Crippen molar-refractivity contribution in [1.29, 1.82) is 0 Å². The first-order valence-corrected chi connectivity index (χ1v) is 8.25. The third-order valence-corrected chi connectivity index (χ3v) is 4.48. The first kappa shape index (κ1) is 16.0. The van der Waals surface area contributed by atoms with Crippen molar-refractivity contribution in [3.05, 3.63) is 47.4 Å². The van der Waals surface area contributed by atoms with Crippen LogP contribution in [0.15, 0.2) is 36.8 Å². The van der Waals surface area contributed by atoms with Crippen LogP contribution in [-0.2, 0) is 0 Å². The Labute approximate surface area is 146 Å². The molecule has 1 fully saturated rings. The predicted octanol–water partition coefficient (Wildman–Crippen LogP) is 2.96. The minimum atomic E-state index is 0.686. The van der Waals surface area contributed by atoms with Crippen LogP contribution in [0.25, 0.3) is 0 Å². The highest BCUT2D eigenvalue weighted by Gasteiger charge is 2.20. The summed E-state index contributed by atoms with van der Waals surface area (Å²) in [5, 5.41) is 4.63. The lowest BCUT2D eigenvalue weighted by Gasteiger charge is -2.36. The number of thiocarbonyl (C=S) groups is 1. The molecule has 3 rings (SSSR count). The standard InChI is InChI=1S/C16H18ClN5S/c1-12-2-3-14(13(17)10-12)20-16(23)22-8-6-21(7-9-22)15-11-18-4-5-19-15/h2-5,10-11H,6-9H2,1H3,(H,20,23). The first-order valence-electron chi connectivity index (χ1n) is 7.46. The van der Waals surface area contributed by atoms with Crippen LogP contribution in [-0.4, -0.2) is 46.2 Å². The van der Waals surface area contributed by atoms with Gasteiger partial charge in [0.25, 0.3) is 0 Å². The zero-order chi connectivity index (χ0) is 16.2. The third kappa shape index (κ3) is 3.89. The van der Waals surface area contributed by atoms with E-state index in [1.807, 2.05) is 25.1 Å². The van der Waals surface area contributed by atoms with Gasteiger partial charge in [-0.2, -0.15) is 0 Å². The molecule has 23 heavy (non-hydrogen) atoms. The Hall–Kier alpha value is -1.92. The molecule has 0 unspecified atom stereocenters. The summed E-state index contributed by atoms with van der Waals surface area (Å²) in [5.74, 6) is 0.910. The summed E-state index contributed by atoms with van der Waals surface area (Å²) in [6.45, 7) is 5.42. The van der Waals surface area contributed by atoms with Crippen LogP contribution < -0.4 is 10.2 Å². The molecule has 0 aliphatic carbocycles. The lowest BCUT2D eigenvalue weighted by atomic mass is 10.2. The normalized spacial score (nSPS) is 14.7. The molecule has 120 valence electrons. The van der Waals surface area contributed by atoms with E-state index in [2.05, 4.69) is 25.1 Å². The highest BCUT2D eigenvalue weighted by Crippen LogP contribution is 2.23. The maximum Gasteiger partial charge on any atom is 0.173 e. The summed E-state index contributed by atoms with van der Waals surface area (Å²) < 4.78 is 0. The summed E-state index contributed by atoms with van der Waals surface area (Å²) in [5.41, 5.74) is 1.97. The van der Waals surface area contributed by atoms with Gasteiger partial charge in [0.1, 0.15) is 5.82 Å². The second-order valence-corrected chi connectivity index (χ2v) is 6.25. The van der Waals surface area contributed by atoms with Crippen molar-refractivity contribution in [1.82, 2.24) is 14.9 Å². The van der Waals surface area contributed by atoms with E-state index in [0.29, 0.717) is 10.1 Å². The number of nitrogens with zero attached hydrogens (tertiary/aromatic N) is 4. The van der Waals surface area contributed by atoms with E-state index < -0.39 is 0 Å². The van der Waals surface area contributed by atoms with E-state index in [0.717, 1.165) is 43.2 Å². The van der Waals surface area contributed by atoms with E-state index in [-0.39, 0.29) is 0 Å². The monoisotopic (exact) mass is 347 g/mol. The maximum absolute atomic E-state index is 6.25. The summed E-state index contributed by atoms with van der Waals surface area (Å²) >= 11 is 11.8. The van der Waals surface area contributed by atoms with Crippen molar-refractivity contribution in [2.45, 2.75) is 6.92 Å². The molecule has 1 N–H and O–H groups in total. The van der Waals surface area contributed by atoms with Gasteiger partial charge in [0.2, 0.25) is 0 Å². The smallest absolute Gasteiger partial charge is 0.173 e. The highest BCUT2D eigenvalue weighted by atomic mass is 35.5. The van der Waals surface area contributed by atoms with Crippen LogP contribution in [0.4, 0.5) is 11.5 Å². The molecule has 0 amide bonds. The van der Waals surface area contributed by atoms with Crippen LogP contribution in [0.3, 0.4) is 0 Å². The van der Waals surface area contributed by atoms with E-state index in [4.69, 9.17) is 23.8 Å². The molecule has 0 atom stereocenters. The fourth-order valence-corrected chi connectivity index (χ4v) is 3.08. The number of benzene rings is 1. The van der Waals surface area contributed by atoms with Gasteiger partial charge in [0.15, 0.2) is 5.11 Å². The van der Waals surface area contributed by atoms with Crippen LogP contribution in [0.2, 0.25) is 5.02 Å². The Kier molecular flexibility index (Phi) is 4.93. The zero-order valence-electron chi connectivity index (χ0n) is 12.9. The molecule has 1 aliphatic heterocycles. The fourth-order valence-electron chi connectivity index (χ4n) is 2.51. The molecule has 5 nitrogen and oxygen atoms in total. The van der Waals surface area contributed by atoms with Crippen molar-refractivity contribution in [2.24, 2.45) is 0 Å². The van der Waals surface area contributed by atoms with E-state index in [1.165, 1.54) is 0 Å². The lowest BCUT2D eigenvalue weighted by molar-refractivity contribution is 0.389. The van der Waals surface area contributed by atoms with Gasteiger partial charge in [-0.3, -0.25) is 4.98 Å².